The van der Waals surface area contributed by atoms with Crippen LogP contribution >= 0.6 is 23.2 Å². The molecule has 1 aliphatic rings. The Balaban J connectivity index is 2.13. The molecule has 2 atom stereocenters. The third kappa shape index (κ3) is 2.35. The Morgan fingerprint density at radius 2 is 1.93 bits per heavy atom. The fourth-order valence-electron chi connectivity index (χ4n) is 1.78. The minimum absolute atomic E-state index is 0.234. The first-order chi connectivity index (χ1) is 7.09. The van der Waals surface area contributed by atoms with Crippen LogP contribution in [-0.4, -0.2) is 5.78 Å². The Morgan fingerprint density at radius 1 is 1.40 bits per heavy atom. The standard InChI is InChI=1S/C12H12Cl2O/c1-7-5-8(7)12(15)6-9-10(13)3-2-4-11(9)14/h2-4,7-8H,5-6H2,1H3. The number of hydrogen-bond acceptors (Lipinski definition) is 1. The predicted octanol–water partition coefficient (Wildman–Crippen LogP) is 3.76. The van der Waals surface area contributed by atoms with Gasteiger partial charge in [0.05, 0.1) is 0 Å². The van der Waals surface area contributed by atoms with E-state index in [1.54, 1.807) is 18.2 Å². The number of carbonyl (C=O) groups is 1. The van der Waals surface area contributed by atoms with Crippen LogP contribution in [0, 0.1) is 11.8 Å². The molecule has 1 aromatic rings. The lowest BCUT2D eigenvalue weighted by Crippen LogP contribution is -2.07. The molecule has 1 fully saturated rings. The summed E-state index contributed by atoms with van der Waals surface area (Å²) in [5.41, 5.74) is 0.768. The normalized spacial score (nSPS) is 23.9. The van der Waals surface area contributed by atoms with E-state index in [9.17, 15) is 4.79 Å². The van der Waals surface area contributed by atoms with Gasteiger partial charge in [-0.05, 0) is 30.0 Å². The molecule has 1 aliphatic carbocycles. The molecule has 0 amide bonds. The van der Waals surface area contributed by atoms with Gasteiger partial charge in [0.2, 0.25) is 0 Å². The van der Waals surface area contributed by atoms with Gasteiger partial charge in [0.25, 0.3) is 0 Å². The van der Waals surface area contributed by atoms with Crippen LogP contribution in [-0.2, 0) is 11.2 Å². The van der Waals surface area contributed by atoms with Crippen LogP contribution in [0.25, 0.3) is 0 Å². The van der Waals surface area contributed by atoms with Gasteiger partial charge in [0.1, 0.15) is 5.78 Å². The minimum atomic E-state index is 0.234. The predicted molar refractivity (Wildman–Crippen MR) is 62.4 cm³/mol. The van der Waals surface area contributed by atoms with E-state index in [0.717, 1.165) is 12.0 Å². The van der Waals surface area contributed by atoms with Crippen molar-refractivity contribution in [3.63, 3.8) is 0 Å². The molecule has 80 valence electrons. The van der Waals surface area contributed by atoms with Crippen LogP contribution in [0.3, 0.4) is 0 Å². The molecular formula is C12H12Cl2O. The van der Waals surface area contributed by atoms with Crippen molar-refractivity contribution in [3.8, 4) is 0 Å². The minimum Gasteiger partial charge on any atom is -0.299 e. The summed E-state index contributed by atoms with van der Waals surface area (Å²) in [5, 5.41) is 1.17. The van der Waals surface area contributed by atoms with Crippen LogP contribution in [0.4, 0.5) is 0 Å². The van der Waals surface area contributed by atoms with E-state index in [2.05, 4.69) is 6.92 Å². The number of rotatable bonds is 3. The maximum atomic E-state index is 11.8. The van der Waals surface area contributed by atoms with Crippen molar-refractivity contribution < 1.29 is 4.79 Å². The first kappa shape index (κ1) is 11.0. The second-order valence-corrected chi connectivity index (χ2v) is 4.98. The first-order valence-corrected chi connectivity index (χ1v) is 5.80. The Labute approximate surface area is 99.4 Å². The zero-order valence-corrected chi connectivity index (χ0v) is 9.98. The van der Waals surface area contributed by atoms with Gasteiger partial charge < -0.3 is 0 Å². The molecular weight excluding hydrogens is 231 g/mol. The van der Waals surface area contributed by atoms with Crippen LogP contribution in [0.1, 0.15) is 18.9 Å². The van der Waals surface area contributed by atoms with E-state index < -0.39 is 0 Å². The van der Waals surface area contributed by atoms with Crippen LogP contribution in [0.5, 0.6) is 0 Å². The highest BCUT2D eigenvalue weighted by Gasteiger charge is 2.38. The summed E-state index contributed by atoms with van der Waals surface area (Å²) in [6.07, 6.45) is 1.38. The lowest BCUT2D eigenvalue weighted by molar-refractivity contribution is -0.119. The van der Waals surface area contributed by atoms with Crippen LogP contribution in [0.2, 0.25) is 10.0 Å². The average Bonchev–Trinajstić information content (AvgIpc) is 2.89. The average molecular weight is 243 g/mol. The zero-order valence-electron chi connectivity index (χ0n) is 8.47. The molecule has 2 unspecified atom stereocenters. The van der Waals surface area contributed by atoms with E-state index in [1.807, 2.05) is 0 Å². The molecule has 0 bridgehead atoms. The van der Waals surface area contributed by atoms with Gasteiger partial charge >= 0.3 is 0 Å². The van der Waals surface area contributed by atoms with Gasteiger partial charge in [-0.1, -0.05) is 36.2 Å². The molecule has 0 aliphatic heterocycles. The second kappa shape index (κ2) is 4.15. The number of hydrogen-bond donors (Lipinski definition) is 0. The molecule has 0 spiro atoms. The number of halogens is 2. The molecule has 15 heavy (non-hydrogen) atoms. The summed E-state index contributed by atoms with van der Waals surface area (Å²) in [6, 6.07) is 5.33. The smallest absolute Gasteiger partial charge is 0.140 e. The summed E-state index contributed by atoms with van der Waals surface area (Å²) in [6.45, 7) is 2.09. The lowest BCUT2D eigenvalue weighted by Gasteiger charge is -2.05. The molecule has 1 nitrogen and oxygen atoms in total. The summed E-state index contributed by atoms with van der Waals surface area (Å²) in [7, 11) is 0. The fourth-order valence-corrected chi connectivity index (χ4v) is 2.31. The van der Waals surface area contributed by atoms with Gasteiger partial charge in [-0.15, -0.1) is 0 Å². The monoisotopic (exact) mass is 242 g/mol. The molecule has 0 radical (unpaired) electrons. The van der Waals surface area contributed by atoms with Gasteiger partial charge in [-0.25, -0.2) is 0 Å². The molecule has 0 aromatic heterocycles. The second-order valence-electron chi connectivity index (χ2n) is 4.16. The van der Waals surface area contributed by atoms with Gasteiger partial charge in [-0.3, -0.25) is 4.79 Å². The van der Waals surface area contributed by atoms with Crippen LogP contribution < -0.4 is 0 Å². The summed E-state index contributed by atoms with van der Waals surface area (Å²) in [5.74, 6) is 1.04. The quantitative estimate of drug-likeness (QED) is 0.789. The highest BCUT2D eigenvalue weighted by atomic mass is 35.5. The first-order valence-electron chi connectivity index (χ1n) is 5.05. The maximum Gasteiger partial charge on any atom is 0.140 e. The van der Waals surface area contributed by atoms with E-state index in [-0.39, 0.29) is 11.7 Å². The Morgan fingerprint density at radius 3 is 2.40 bits per heavy atom. The Kier molecular flexibility index (Phi) is 3.03. The maximum absolute atomic E-state index is 11.8. The van der Waals surface area contributed by atoms with Crippen molar-refractivity contribution in [1.82, 2.24) is 0 Å². The number of Topliss-reactive ketones (excluding diaryl/α,β-unsaturated/α-hetero) is 1. The molecule has 1 aromatic carbocycles. The number of benzene rings is 1. The molecule has 0 heterocycles. The van der Waals surface area contributed by atoms with Crippen molar-refractivity contribution >= 4 is 29.0 Å². The third-order valence-corrected chi connectivity index (χ3v) is 3.64. The lowest BCUT2D eigenvalue weighted by atomic mass is 10.1. The largest absolute Gasteiger partial charge is 0.299 e. The Hall–Kier alpha value is -0.530. The molecule has 1 saturated carbocycles. The number of ketones is 1. The van der Waals surface area contributed by atoms with Crippen LogP contribution in [0.15, 0.2) is 18.2 Å². The fraction of sp³-hybridized carbons (Fsp3) is 0.417. The highest BCUT2D eigenvalue weighted by molar-refractivity contribution is 6.36. The SMILES string of the molecule is CC1CC1C(=O)Cc1c(Cl)cccc1Cl. The van der Waals surface area contributed by atoms with E-state index >= 15 is 0 Å². The third-order valence-electron chi connectivity index (χ3n) is 2.94. The topological polar surface area (TPSA) is 17.1 Å². The summed E-state index contributed by atoms with van der Waals surface area (Å²) in [4.78, 5) is 11.8. The molecule has 3 heteroatoms. The van der Waals surface area contributed by atoms with Crippen molar-refractivity contribution in [2.24, 2.45) is 11.8 Å². The van der Waals surface area contributed by atoms with E-state index in [0.29, 0.717) is 22.4 Å². The van der Waals surface area contributed by atoms with Gasteiger partial charge in [0.15, 0.2) is 0 Å². The van der Waals surface area contributed by atoms with Gasteiger partial charge in [0, 0.05) is 22.4 Å². The Bertz CT molecular complexity index is 380. The van der Waals surface area contributed by atoms with E-state index in [1.165, 1.54) is 0 Å². The van der Waals surface area contributed by atoms with Gasteiger partial charge in [-0.2, -0.15) is 0 Å². The summed E-state index contributed by atoms with van der Waals surface area (Å²) >= 11 is 12.0. The van der Waals surface area contributed by atoms with Crippen molar-refractivity contribution in [2.45, 2.75) is 19.8 Å². The molecule has 0 saturated heterocycles. The highest BCUT2D eigenvalue weighted by Crippen LogP contribution is 2.40. The molecule has 2 rings (SSSR count). The number of carbonyl (C=O) groups excluding carboxylic acids is 1. The molecule has 0 N–H and O–H groups in total. The summed E-state index contributed by atoms with van der Waals surface area (Å²) < 4.78 is 0. The van der Waals surface area contributed by atoms with Crippen molar-refractivity contribution in [3.05, 3.63) is 33.8 Å². The van der Waals surface area contributed by atoms with E-state index in [4.69, 9.17) is 23.2 Å². The van der Waals surface area contributed by atoms with Crippen molar-refractivity contribution in [2.75, 3.05) is 0 Å². The zero-order chi connectivity index (χ0) is 11.0. The van der Waals surface area contributed by atoms with Crippen molar-refractivity contribution in [1.29, 1.82) is 0 Å².